The molecule has 2 saturated heterocycles. The highest BCUT2D eigenvalue weighted by molar-refractivity contribution is 7.89. The fraction of sp³-hybridized carbons (Fsp3) is 0.435. The standard InChI is InChI=1S/C23H27FN2O4S/c1-30-21-6-2-17(3-7-21)19-10-13-25(16-19)23(27)18-11-14-26(15-12-18)31(28,29)22-8-4-20(24)5-9-22/h2-9,18-19H,10-16H2,1H3. The highest BCUT2D eigenvalue weighted by Crippen LogP contribution is 2.31. The van der Waals surface area contributed by atoms with E-state index in [9.17, 15) is 17.6 Å². The predicted octanol–water partition coefficient (Wildman–Crippen LogP) is 3.25. The van der Waals surface area contributed by atoms with E-state index in [0.717, 1.165) is 30.8 Å². The first-order valence-corrected chi connectivity index (χ1v) is 12.0. The highest BCUT2D eigenvalue weighted by atomic mass is 32.2. The zero-order valence-corrected chi connectivity index (χ0v) is 18.4. The van der Waals surface area contributed by atoms with Crippen molar-refractivity contribution in [1.82, 2.24) is 9.21 Å². The molecule has 2 aliphatic heterocycles. The van der Waals surface area contributed by atoms with Crippen molar-refractivity contribution in [2.75, 3.05) is 33.3 Å². The fourth-order valence-corrected chi connectivity index (χ4v) is 5.94. The normalized spacial score (nSPS) is 20.7. The van der Waals surface area contributed by atoms with Crippen LogP contribution in [0.25, 0.3) is 0 Å². The van der Waals surface area contributed by atoms with Gasteiger partial charge in [-0.25, -0.2) is 12.8 Å². The lowest BCUT2D eigenvalue weighted by atomic mass is 9.96. The maximum Gasteiger partial charge on any atom is 0.243 e. The lowest BCUT2D eigenvalue weighted by Crippen LogP contribution is -2.43. The molecule has 8 heteroatoms. The third-order valence-electron chi connectivity index (χ3n) is 6.34. The molecular formula is C23H27FN2O4S. The van der Waals surface area contributed by atoms with Crippen molar-refractivity contribution in [3.8, 4) is 5.75 Å². The molecule has 2 fully saturated rings. The Kier molecular flexibility index (Phi) is 6.29. The second-order valence-corrected chi connectivity index (χ2v) is 10.1. The van der Waals surface area contributed by atoms with Crippen LogP contribution in [0.4, 0.5) is 4.39 Å². The van der Waals surface area contributed by atoms with Crippen LogP contribution >= 0.6 is 0 Å². The van der Waals surface area contributed by atoms with Crippen LogP contribution in [0.1, 0.15) is 30.7 Å². The number of hydrogen-bond donors (Lipinski definition) is 0. The molecule has 0 spiro atoms. The van der Waals surface area contributed by atoms with E-state index in [0.29, 0.717) is 38.4 Å². The molecule has 166 valence electrons. The van der Waals surface area contributed by atoms with Crippen molar-refractivity contribution in [2.24, 2.45) is 5.92 Å². The van der Waals surface area contributed by atoms with E-state index in [2.05, 4.69) is 12.1 Å². The van der Waals surface area contributed by atoms with Crippen LogP contribution in [-0.4, -0.2) is 56.8 Å². The van der Waals surface area contributed by atoms with E-state index >= 15 is 0 Å². The number of sulfonamides is 1. The lowest BCUT2D eigenvalue weighted by Gasteiger charge is -2.32. The summed E-state index contributed by atoms with van der Waals surface area (Å²) < 4.78 is 45.3. The number of nitrogens with zero attached hydrogens (tertiary/aromatic N) is 2. The number of piperidine rings is 1. The molecule has 4 rings (SSSR count). The molecule has 31 heavy (non-hydrogen) atoms. The van der Waals surface area contributed by atoms with Gasteiger partial charge in [0.1, 0.15) is 11.6 Å². The number of carbonyl (C=O) groups is 1. The van der Waals surface area contributed by atoms with Gasteiger partial charge in [0.05, 0.1) is 12.0 Å². The van der Waals surface area contributed by atoms with Gasteiger partial charge in [-0.2, -0.15) is 4.31 Å². The van der Waals surface area contributed by atoms with E-state index in [-0.39, 0.29) is 16.7 Å². The van der Waals surface area contributed by atoms with E-state index in [1.807, 2.05) is 17.0 Å². The summed E-state index contributed by atoms with van der Waals surface area (Å²) in [4.78, 5) is 15.0. The number of methoxy groups -OCH3 is 1. The first-order valence-electron chi connectivity index (χ1n) is 10.6. The summed E-state index contributed by atoms with van der Waals surface area (Å²) in [6, 6.07) is 12.9. The first kappa shape index (κ1) is 21.8. The minimum absolute atomic E-state index is 0.0838. The molecular weight excluding hydrogens is 419 g/mol. The second kappa shape index (κ2) is 8.96. The van der Waals surface area contributed by atoms with Crippen molar-refractivity contribution < 1.29 is 22.3 Å². The van der Waals surface area contributed by atoms with Gasteiger partial charge in [-0.1, -0.05) is 12.1 Å². The monoisotopic (exact) mass is 446 g/mol. The predicted molar refractivity (Wildman–Crippen MR) is 115 cm³/mol. The van der Waals surface area contributed by atoms with Gasteiger partial charge in [0, 0.05) is 38.0 Å². The Balaban J connectivity index is 1.33. The van der Waals surface area contributed by atoms with E-state index in [4.69, 9.17) is 4.74 Å². The highest BCUT2D eigenvalue weighted by Gasteiger charge is 2.36. The van der Waals surface area contributed by atoms with Crippen LogP contribution in [0, 0.1) is 11.7 Å². The van der Waals surface area contributed by atoms with Crippen molar-refractivity contribution >= 4 is 15.9 Å². The minimum Gasteiger partial charge on any atom is -0.497 e. The molecule has 1 amide bonds. The van der Waals surface area contributed by atoms with Gasteiger partial charge in [-0.05, 0) is 61.2 Å². The maximum absolute atomic E-state index is 13.1. The smallest absolute Gasteiger partial charge is 0.243 e. The molecule has 0 bridgehead atoms. The summed E-state index contributed by atoms with van der Waals surface area (Å²) in [5, 5.41) is 0. The Morgan fingerprint density at radius 3 is 2.23 bits per heavy atom. The van der Waals surface area contributed by atoms with Crippen LogP contribution < -0.4 is 4.74 Å². The number of carbonyl (C=O) groups excluding carboxylic acids is 1. The third-order valence-corrected chi connectivity index (χ3v) is 8.25. The lowest BCUT2D eigenvalue weighted by molar-refractivity contribution is -0.135. The minimum atomic E-state index is -3.67. The molecule has 2 aromatic carbocycles. The number of rotatable bonds is 5. The third kappa shape index (κ3) is 4.60. The molecule has 2 heterocycles. The van der Waals surface area contributed by atoms with Crippen molar-refractivity contribution in [2.45, 2.75) is 30.1 Å². The Morgan fingerprint density at radius 1 is 0.968 bits per heavy atom. The zero-order valence-electron chi connectivity index (χ0n) is 17.5. The molecule has 0 radical (unpaired) electrons. The van der Waals surface area contributed by atoms with Crippen LogP contribution in [0.3, 0.4) is 0 Å². The quantitative estimate of drug-likeness (QED) is 0.707. The van der Waals surface area contributed by atoms with Crippen molar-refractivity contribution in [3.63, 3.8) is 0 Å². The average molecular weight is 447 g/mol. The Morgan fingerprint density at radius 2 is 1.61 bits per heavy atom. The second-order valence-electron chi connectivity index (χ2n) is 8.18. The summed E-state index contributed by atoms with van der Waals surface area (Å²) in [7, 11) is -2.03. The molecule has 1 atom stereocenters. The molecule has 0 N–H and O–H groups in total. The van der Waals surface area contributed by atoms with Crippen LogP contribution in [0.2, 0.25) is 0 Å². The van der Waals surface area contributed by atoms with E-state index in [1.165, 1.54) is 22.0 Å². The van der Waals surface area contributed by atoms with Crippen molar-refractivity contribution in [1.29, 1.82) is 0 Å². The van der Waals surface area contributed by atoms with E-state index < -0.39 is 15.8 Å². The average Bonchev–Trinajstić information content (AvgIpc) is 3.29. The van der Waals surface area contributed by atoms with Gasteiger partial charge >= 0.3 is 0 Å². The molecule has 0 saturated carbocycles. The number of likely N-dealkylation sites (tertiary alicyclic amines) is 1. The zero-order chi connectivity index (χ0) is 22.0. The van der Waals surface area contributed by atoms with Gasteiger partial charge < -0.3 is 9.64 Å². The van der Waals surface area contributed by atoms with Gasteiger partial charge in [-0.15, -0.1) is 0 Å². The maximum atomic E-state index is 13.1. The summed E-state index contributed by atoms with van der Waals surface area (Å²) in [6.45, 7) is 2.01. The van der Waals surface area contributed by atoms with Gasteiger partial charge in [0.25, 0.3) is 0 Å². The molecule has 2 aliphatic rings. The van der Waals surface area contributed by atoms with Crippen LogP contribution in [0.5, 0.6) is 5.75 Å². The summed E-state index contributed by atoms with van der Waals surface area (Å²) in [5.74, 6) is 0.622. The van der Waals surface area contributed by atoms with Crippen LogP contribution in [-0.2, 0) is 14.8 Å². The number of hydrogen-bond acceptors (Lipinski definition) is 4. The van der Waals surface area contributed by atoms with Gasteiger partial charge in [0.15, 0.2) is 0 Å². The summed E-state index contributed by atoms with van der Waals surface area (Å²) in [5.41, 5.74) is 1.20. The SMILES string of the molecule is COc1ccc(C2CCN(C(=O)C3CCN(S(=O)(=O)c4ccc(F)cc4)CC3)C2)cc1. The molecule has 0 aromatic heterocycles. The number of benzene rings is 2. The summed E-state index contributed by atoms with van der Waals surface area (Å²) in [6.07, 6.45) is 1.93. The molecule has 6 nitrogen and oxygen atoms in total. The Hall–Kier alpha value is -2.45. The number of halogens is 1. The van der Waals surface area contributed by atoms with Crippen LogP contribution in [0.15, 0.2) is 53.4 Å². The first-order chi connectivity index (χ1) is 14.9. The number of amides is 1. The Bertz CT molecular complexity index is 1020. The fourth-order valence-electron chi connectivity index (χ4n) is 4.47. The molecule has 1 unspecified atom stereocenters. The summed E-state index contributed by atoms with van der Waals surface area (Å²) >= 11 is 0. The number of ether oxygens (including phenoxy) is 1. The topological polar surface area (TPSA) is 66.9 Å². The molecule has 2 aromatic rings. The molecule has 0 aliphatic carbocycles. The largest absolute Gasteiger partial charge is 0.497 e. The van der Waals surface area contributed by atoms with E-state index in [1.54, 1.807) is 7.11 Å². The van der Waals surface area contributed by atoms with Crippen molar-refractivity contribution in [3.05, 3.63) is 59.9 Å². The van der Waals surface area contributed by atoms with Gasteiger partial charge in [-0.3, -0.25) is 4.79 Å². The Labute approximate surface area is 182 Å². The van der Waals surface area contributed by atoms with Gasteiger partial charge in [0.2, 0.25) is 15.9 Å².